The summed E-state index contributed by atoms with van der Waals surface area (Å²) < 4.78 is 33.3. The summed E-state index contributed by atoms with van der Waals surface area (Å²) in [6.45, 7) is 1.55. The third-order valence-corrected chi connectivity index (χ3v) is 6.48. The maximum Gasteiger partial charge on any atom is 0.242 e. The molecule has 3 aromatic rings. The van der Waals surface area contributed by atoms with Crippen LogP contribution in [0.3, 0.4) is 0 Å². The van der Waals surface area contributed by atoms with E-state index < -0.39 is 16.2 Å². The van der Waals surface area contributed by atoms with Crippen molar-refractivity contribution in [3.8, 4) is 22.8 Å². The number of carbonyl (C=O) groups excluding carboxylic acids is 1. The summed E-state index contributed by atoms with van der Waals surface area (Å²) in [4.78, 5) is 17.8. The summed E-state index contributed by atoms with van der Waals surface area (Å²) in [5.74, 6) is 0.693. The number of benzene rings is 2. The molecule has 1 amide bonds. The molecule has 2 N–H and O–H groups in total. The summed E-state index contributed by atoms with van der Waals surface area (Å²) in [7, 11) is 0.150. The van der Waals surface area contributed by atoms with Crippen LogP contribution in [-0.2, 0) is 14.8 Å². The lowest BCUT2D eigenvalue weighted by molar-refractivity contribution is -0.119. The molecular formula is C21H23BrN4O4S. The fourth-order valence-electron chi connectivity index (χ4n) is 2.85. The van der Waals surface area contributed by atoms with Crippen LogP contribution in [0.1, 0.15) is 6.92 Å². The van der Waals surface area contributed by atoms with Gasteiger partial charge in [-0.05, 0) is 55.5 Å². The molecule has 8 nitrogen and oxygen atoms in total. The molecule has 1 atom stereocenters. The Hall–Kier alpha value is -2.69. The summed E-state index contributed by atoms with van der Waals surface area (Å²) in [5.41, 5.74) is 2.62. The summed E-state index contributed by atoms with van der Waals surface area (Å²) in [6.07, 6.45) is 0.892. The summed E-state index contributed by atoms with van der Waals surface area (Å²) in [5, 5.41) is 2.61. The van der Waals surface area contributed by atoms with Crippen molar-refractivity contribution in [1.29, 1.82) is 0 Å². The number of nitrogens with zero attached hydrogens (tertiary/aromatic N) is 2. The summed E-state index contributed by atoms with van der Waals surface area (Å²) >= 11 is 3.02. The van der Waals surface area contributed by atoms with Crippen LogP contribution in [0.4, 0.5) is 5.69 Å². The number of hydrogen-bond acceptors (Lipinski definition) is 6. The number of carbonyl (C=O) groups is 1. The quantitative estimate of drug-likeness (QED) is 0.359. The molecule has 0 aliphatic heterocycles. The molecule has 1 unspecified atom stereocenters. The van der Waals surface area contributed by atoms with Crippen LogP contribution >= 0.6 is 15.9 Å². The molecule has 10 heteroatoms. The summed E-state index contributed by atoms with van der Waals surface area (Å²) in [6, 6.07) is 14.1. The number of hydrogen-bond donors (Lipinski definition) is 2. The predicted octanol–water partition coefficient (Wildman–Crippen LogP) is 3.21. The molecule has 164 valence electrons. The lowest BCUT2D eigenvalue weighted by atomic mass is 10.1. The number of halogens is 1. The van der Waals surface area contributed by atoms with Crippen LogP contribution in [-0.4, -0.2) is 44.9 Å². The number of oxazole rings is 1. The molecule has 2 aromatic carbocycles. The molecule has 0 saturated carbocycles. The van der Waals surface area contributed by atoms with Crippen LogP contribution in [0.25, 0.3) is 22.8 Å². The normalized spacial score (nSPS) is 12.4. The number of rotatable bonds is 8. The van der Waals surface area contributed by atoms with E-state index in [4.69, 9.17) is 4.42 Å². The van der Waals surface area contributed by atoms with Crippen molar-refractivity contribution in [2.45, 2.75) is 18.0 Å². The number of sulfonamides is 1. The van der Waals surface area contributed by atoms with Gasteiger partial charge in [0.05, 0.1) is 22.6 Å². The van der Waals surface area contributed by atoms with Crippen molar-refractivity contribution in [3.05, 3.63) is 54.7 Å². The first-order valence-electron chi connectivity index (χ1n) is 9.41. The number of nitrogens with one attached hydrogen (secondary N) is 2. The Bertz CT molecular complexity index is 1140. The van der Waals surface area contributed by atoms with E-state index in [2.05, 4.69) is 31.0 Å². The topological polar surface area (TPSA) is 105 Å². The Morgan fingerprint density at radius 2 is 1.71 bits per heavy atom. The van der Waals surface area contributed by atoms with Gasteiger partial charge in [-0.3, -0.25) is 4.79 Å². The van der Waals surface area contributed by atoms with E-state index in [1.54, 1.807) is 25.3 Å². The average Bonchev–Trinajstić information content (AvgIpc) is 3.23. The molecule has 0 radical (unpaired) electrons. The van der Waals surface area contributed by atoms with Crippen molar-refractivity contribution in [3.63, 3.8) is 0 Å². The maximum absolute atomic E-state index is 12.5. The minimum atomic E-state index is -3.80. The number of alkyl halides is 1. The van der Waals surface area contributed by atoms with E-state index in [0.717, 1.165) is 11.3 Å². The molecule has 0 saturated heterocycles. The van der Waals surface area contributed by atoms with Gasteiger partial charge in [0.25, 0.3) is 0 Å². The van der Waals surface area contributed by atoms with E-state index in [0.29, 0.717) is 17.2 Å². The van der Waals surface area contributed by atoms with Gasteiger partial charge in [-0.1, -0.05) is 15.9 Å². The van der Waals surface area contributed by atoms with Crippen LogP contribution in [0, 0.1) is 0 Å². The van der Waals surface area contributed by atoms with Crippen molar-refractivity contribution in [1.82, 2.24) is 15.0 Å². The van der Waals surface area contributed by atoms with Crippen LogP contribution in [0.2, 0.25) is 0 Å². The largest absolute Gasteiger partial charge is 0.436 e. The van der Waals surface area contributed by atoms with Gasteiger partial charge in [-0.2, -0.15) is 4.72 Å². The zero-order valence-corrected chi connectivity index (χ0v) is 19.7. The second-order valence-corrected chi connectivity index (χ2v) is 9.31. The zero-order chi connectivity index (χ0) is 22.6. The Morgan fingerprint density at radius 3 is 2.29 bits per heavy atom. The number of amides is 1. The van der Waals surface area contributed by atoms with Gasteiger partial charge in [0.2, 0.25) is 21.8 Å². The predicted molar refractivity (Wildman–Crippen MR) is 123 cm³/mol. The third-order valence-electron chi connectivity index (χ3n) is 4.42. The highest BCUT2D eigenvalue weighted by molar-refractivity contribution is 9.09. The first kappa shape index (κ1) is 23.0. The van der Waals surface area contributed by atoms with Gasteiger partial charge < -0.3 is 14.6 Å². The first-order chi connectivity index (χ1) is 14.7. The van der Waals surface area contributed by atoms with Gasteiger partial charge in [0.15, 0.2) is 5.76 Å². The zero-order valence-electron chi connectivity index (χ0n) is 17.3. The molecule has 0 aliphatic carbocycles. The van der Waals surface area contributed by atoms with Gasteiger partial charge in [0, 0.05) is 30.9 Å². The molecule has 0 fully saturated rings. The Kier molecular flexibility index (Phi) is 7.14. The number of aromatic nitrogens is 1. The van der Waals surface area contributed by atoms with Crippen LogP contribution < -0.4 is 14.9 Å². The van der Waals surface area contributed by atoms with Crippen LogP contribution in [0.15, 0.2) is 64.0 Å². The standard InChI is InChI=1S/C21H23BrN4O4S/c1-14(24-20(27)12-22)25-31(28,29)18-10-6-16(7-11-18)21-23-13-19(30-21)15-4-8-17(9-5-15)26(2)3/h4-11,13-14,25H,12H2,1-3H3,(H,24,27). The molecule has 1 aromatic heterocycles. The SMILES string of the molecule is CC(NC(=O)CBr)NS(=O)(=O)c1ccc(-c2ncc(-c3ccc(N(C)C)cc3)o2)cc1. The third kappa shape index (κ3) is 5.72. The second-order valence-electron chi connectivity index (χ2n) is 7.04. The lowest BCUT2D eigenvalue weighted by Crippen LogP contribution is -2.46. The highest BCUT2D eigenvalue weighted by Crippen LogP contribution is 2.28. The highest BCUT2D eigenvalue weighted by Gasteiger charge is 2.19. The fourth-order valence-corrected chi connectivity index (χ4v) is 4.17. The Morgan fingerprint density at radius 1 is 1.10 bits per heavy atom. The monoisotopic (exact) mass is 506 g/mol. The van der Waals surface area contributed by atoms with Gasteiger partial charge in [-0.25, -0.2) is 13.4 Å². The van der Waals surface area contributed by atoms with Crippen molar-refractivity contribution in [2.24, 2.45) is 0 Å². The Balaban J connectivity index is 1.74. The minimum Gasteiger partial charge on any atom is -0.436 e. The minimum absolute atomic E-state index is 0.0715. The van der Waals surface area contributed by atoms with E-state index in [9.17, 15) is 13.2 Å². The van der Waals surface area contributed by atoms with E-state index in [-0.39, 0.29) is 16.1 Å². The van der Waals surface area contributed by atoms with Gasteiger partial charge >= 0.3 is 0 Å². The fraction of sp³-hybridized carbons (Fsp3) is 0.238. The van der Waals surface area contributed by atoms with Crippen molar-refractivity contribution >= 4 is 37.5 Å². The van der Waals surface area contributed by atoms with Crippen LogP contribution in [0.5, 0.6) is 0 Å². The first-order valence-corrected chi connectivity index (χ1v) is 12.0. The van der Waals surface area contributed by atoms with E-state index >= 15 is 0 Å². The number of anilines is 1. The maximum atomic E-state index is 12.5. The molecule has 0 aliphatic rings. The highest BCUT2D eigenvalue weighted by atomic mass is 79.9. The lowest BCUT2D eigenvalue weighted by Gasteiger charge is -2.15. The van der Waals surface area contributed by atoms with Crippen molar-refractivity contribution in [2.75, 3.05) is 24.3 Å². The average molecular weight is 507 g/mol. The van der Waals surface area contributed by atoms with Gasteiger partial charge in [-0.15, -0.1) is 0 Å². The second kappa shape index (κ2) is 9.63. The molecular weight excluding hydrogens is 484 g/mol. The van der Waals surface area contributed by atoms with E-state index in [1.807, 2.05) is 43.3 Å². The van der Waals surface area contributed by atoms with E-state index in [1.165, 1.54) is 12.1 Å². The van der Waals surface area contributed by atoms with Crippen molar-refractivity contribution < 1.29 is 17.6 Å². The molecule has 1 heterocycles. The Labute approximate surface area is 189 Å². The molecule has 31 heavy (non-hydrogen) atoms. The molecule has 3 rings (SSSR count). The molecule has 0 bridgehead atoms. The van der Waals surface area contributed by atoms with Gasteiger partial charge in [0.1, 0.15) is 0 Å². The smallest absolute Gasteiger partial charge is 0.242 e. The molecule has 0 spiro atoms.